The van der Waals surface area contributed by atoms with Crippen LogP contribution < -0.4 is 5.32 Å². The van der Waals surface area contributed by atoms with Crippen molar-refractivity contribution in [3.63, 3.8) is 0 Å². The average molecular weight is 433 g/mol. The van der Waals surface area contributed by atoms with Crippen molar-refractivity contribution in [2.75, 3.05) is 6.61 Å². The van der Waals surface area contributed by atoms with Crippen LogP contribution in [0.1, 0.15) is 27.4 Å². The highest BCUT2D eigenvalue weighted by Gasteiger charge is 2.18. The highest BCUT2D eigenvalue weighted by molar-refractivity contribution is 6.33. The normalized spacial score (nSPS) is 10.6. The molecule has 0 unspecified atom stereocenters. The lowest BCUT2D eigenvalue weighted by atomic mass is 10.2. The SMILES string of the molecule is Cc1cc(C)n(-c2ccc(Cl)c(C(=O)OCC(=O)NCc3cccc(Cl)c3)n2)n1. The van der Waals surface area contributed by atoms with Gasteiger partial charge >= 0.3 is 5.97 Å². The van der Waals surface area contributed by atoms with E-state index in [0.717, 1.165) is 17.0 Å². The molecule has 0 saturated heterocycles. The van der Waals surface area contributed by atoms with Crippen molar-refractivity contribution in [3.05, 3.63) is 75.2 Å². The Labute approximate surface area is 177 Å². The summed E-state index contributed by atoms with van der Waals surface area (Å²) in [7, 11) is 0. The molecule has 3 aromatic rings. The van der Waals surface area contributed by atoms with Gasteiger partial charge in [0.05, 0.1) is 10.7 Å². The quantitative estimate of drug-likeness (QED) is 0.600. The van der Waals surface area contributed by atoms with Crippen molar-refractivity contribution in [2.24, 2.45) is 0 Å². The number of benzene rings is 1. The van der Waals surface area contributed by atoms with Gasteiger partial charge in [-0.25, -0.2) is 14.5 Å². The summed E-state index contributed by atoms with van der Waals surface area (Å²) in [6, 6.07) is 12.2. The van der Waals surface area contributed by atoms with Crippen LogP contribution in [0.4, 0.5) is 0 Å². The van der Waals surface area contributed by atoms with Crippen molar-refractivity contribution in [2.45, 2.75) is 20.4 Å². The lowest BCUT2D eigenvalue weighted by molar-refractivity contribution is -0.124. The Morgan fingerprint density at radius 3 is 2.62 bits per heavy atom. The Balaban J connectivity index is 1.62. The third kappa shape index (κ3) is 5.34. The van der Waals surface area contributed by atoms with Crippen molar-refractivity contribution < 1.29 is 14.3 Å². The van der Waals surface area contributed by atoms with Gasteiger partial charge in [-0.05, 0) is 49.7 Å². The molecule has 0 aliphatic carbocycles. The van der Waals surface area contributed by atoms with Crippen molar-refractivity contribution >= 4 is 35.1 Å². The summed E-state index contributed by atoms with van der Waals surface area (Å²) in [6.07, 6.45) is 0. The molecule has 29 heavy (non-hydrogen) atoms. The molecule has 7 nitrogen and oxygen atoms in total. The van der Waals surface area contributed by atoms with Crippen LogP contribution >= 0.6 is 23.2 Å². The molecule has 3 rings (SSSR count). The highest BCUT2D eigenvalue weighted by atomic mass is 35.5. The summed E-state index contributed by atoms with van der Waals surface area (Å²) < 4.78 is 6.65. The zero-order valence-corrected chi connectivity index (χ0v) is 17.3. The number of hydrogen-bond acceptors (Lipinski definition) is 5. The Hall–Kier alpha value is -2.90. The van der Waals surface area contributed by atoms with Gasteiger partial charge in [0.2, 0.25) is 0 Å². The minimum atomic E-state index is -0.795. The number of nitrogens with zero attached hydrogens (tertiary/aromatic N) is 3. The Morgan fingerprint density at radius 1 is 1.14 bits per heavy atom. The second kappa shape index (κ2) is 9.07. The number of aryl methyl sites for hydroxylation is 2. The van der Waals surface area contributed by atoms with Crippen LogP contribution in [0.5, 0.6) is 0 Å². The van der Waals surface area contributed by atoms with E-state index in [2.05, 4.69) is 15.4 Å². The summed E-state index contributed by atoms with van der Waals surface area (Å²) in [6.45, 7) is 3.54. The fraction of sp³-hybridized carbons (Fsp3) is 0.200. The van der Waals surface area contributed by atoms with Gasteiger partial charge in [0.15, 0.2) is 18.1 Å². The fourth-order valence-corrected chi connectivity index (χ4v) is 3.05. The largest absolute Gasteiger partial charge is 0.451 e. The molecule has 150 valence electrons. The predicted molar refractivity (Wildman–Crippen MR) is 109 cm³/mol. The molecule has 0 saturated carbocycles. The maximum absolute atomic E-state index is 12.4. The molecule has 0 aliphatic heterocycles. The molecule has 2 heterocycles. The van der Waals surface area contributed by atoms with Crippen LogP contribution in [-0.2, 0) is 16.1 Å². The van der Waals surface area contributed by atoms with Gasteiger partial charge in [-0.3, -0.25) is 4.79 Å². The van der Waals surface area contributed by atoms with Gasteiger partial charge in [-0.2, -0.15) is 5.10 Å². The second-order valence-electron chi connectivity index (χ2n) is 6.32. The summed E-state index contributed by atoms with van der Waals surface area (Å²) in [4.78, 5) is 28.6. The zero-order chi connectivity index (χ0) is 21.0. The molecule has 9 heteroatoms. The van der Waals surface area contributed by atoms with Crippen LogP contribution in [-0.4, -0.2) is 33.2 Å². The lowest BCUT2D eigenvalue weighted by Crippen LogP contribution is -2.28. The van der Waals surface area contributed by atoms with E-state index in [1.54, 1.807) is 28.9 Å². The maximum atomic E-state index is 12.4. The van der Waals surface area contributed by atoms with Gasteiger partial charge in [0.1, 0.15) is 0 Å². The third-order valence-electron chi connectivity index (χ3n) is 3.96. The minimum Gasteiger partial charge on any atom is -0.451 e. The lowest BCUT2D eigenvalue weighted by Gasteiger charge is -2.09. The fourth-order valence-electron chi connectivity index (χ4n) is 2.65. The van der Waals surface area contributed by atoms with Gasteiger partial charge in [-0.15, -0.1) is 0 Å². The first-order valence-electron chi connectivity index (χ1n) is 8.72. The van der Waals surface area contributed by atoms with Crippen molar-refractivity contribution in [1.29, 1.82) is 0 Å². The standard InChI is InChI=1S/C20H18Cl2N4O3/c1-12-8-13(2)26(25-12)17-7-6-16(22)19(24-17)20(28)29-11-18(27)23-10-14-4-3-5-15(21)9-14/h3-9H,10-11H2,1-2H3,(H,23,27). The highest BCUT2D eigenvalue weighted by Crippen LogP contribution is 2.18. The summed E-state index contributed by atoms with van der Waals surface area (Å²) in [5, 5.41) is 7.68. The molecule has 1 N–H and O–H groups in total. The minimum absolute atomic E-state index is 0.0839. The number of halogens is 2. The number of carbonyl (C=O) groups excluding carboxylic acids is 2. The van der Waals surface area contributed by atoms with Gasteiger partial charge < -0.3 is 10.1 Å². The van der Waals surface area contributed by atoms with Gasteiger partial charge in [-0.1, -0.05) is 35.3 Å². The van der Waals surface area contributed by atoms with E-state index >= 15 is 0 Å². The summed E-state index contributed by atoms with van der Waals surface area (Å²) in [5.74, 6) is -0.821. The van der Waals surface area contributed by atoms with Gasteiger partial charge in [0, 0.05) is 17.3 Å². The summed E-state index contributed by atoms with van der Waals surface area (Å²) in [5.41, 5.74) is 2.43. The molecule has 0 spiro atoms. The molecular formula is C20H18Cl2N4O3. The number of hydrogen-bond donors (Lipinski definition) is 1. The van der Waals surface area contributed by atoms with E-state index in [4.69, 9.17) is 27.9 Å². The van der Waals surface area contributed by atoms with Crippen LogP contribution in [0.3, 0.4) is 0 Å². The monoisotopic (exact) mass is 432 g/mol. The number of carbonyl (C=O) groups is 2. The number of ether oxygens (including phenoxy) is 1. The Kier molecular flexibility index (Phi) is 6.51. The first-order valence-corrected chi connectivity index (χ1v) is 9.47. The Bertz CT molecular complexity index is 1070. The molecule has 1 aromatic carbocycles. The van der Waals surface area contributed by atoms with E-state index in [-0.39, 0.29) is 17.3 Å². The molecule has 1 amide bonds. The number of aromatic nitrogens is 3. The average Bonchev–Trinajstić information content (AvgIpc) is 3.03. The maximum Gasteiger partial charge on any atom is 0.359 e. The zero-order valence-electron chi connectivity index (χ0n) is 15.8. The van der Waals surface area contributed by atoms with E-state index in [9.17, 15) is 9.59 Å². The van der Waals surface area contributed by atoms with E-state index in [1.807, 2.05) is 26.0 Å². The first kappa shape index (κ1) is 20.8. The number of amides is 1. The van der Waals surface area contributed by atoms with Crippen LogP contribution in [0.15, 0.2) is 42.5 Å². The van der Waals surface area contributed by atoms with Gasteiger partial charge in [0.25, 0.3) is 5.91 Å². The molecule has 0 atom stereocenters. The molecular weight excluding hydrogens is 415 g/mol. The van der Waals surface area contributed by atoms with Crippen LogP contribution in [0.25, 0.3) is 5.82 Å². The summed E-state index contributed by atoms with van der Waals surface area (Å²) >= 11 is 12.0. The third-order valence-corrected chi connectivity index (χ3v) is 4.50. The van der Waals surface area contributed by atoms with Crippen LogP contribution in [0.2, 0.25) is 10.0 Å². The number of pyridine rings is 1. The molecule has 0 fully saturated rings. The molecule has 2 aromatic heterocycles. The number of esters is 1. The van der Waals surface area contributed by atoms with Crippen LogP contribution in [0, 0.1) is 13.8 Å². The number of nitrogens with one attached hydrogen (secondary N) is 1. The first-order chi connectivity index (χ1) is 13.8. The van der Waals surface area contributed by atoms with Crippen molar-refractivity contribution in [1.82, 2.24) is 20.1 Å². The van der Waals surface area contributed by atoms with Crippen molar-refractivity contribution in [3.8, 4) is 5.82 Å². The van der Waals surface area contributed by atoms with E-state index in [0.29, 0.717) is 10.8 Å². The molecule has 0 aliphatic rings. The predicted octanol–water partition coefficient (Wildman–Crippen LogP) is 3.66. The molecule has 0 bridgehead atoms. The van der Waals surface area contributed by atoms with E-state index in [1.165, 1.54) is 6.07 Å². The van der Waals surface area contributed by atoms with E-state index < -0.39 is 18.5 Å². The smallest absolute Gasteiger partial charge is 0.359 e. The second-order valence-corrected chi connectivity index (χ2v) is 7.17. The number of rotatable bonds is 6. The Morgan fingerprint density at radius 2 is 1.93 bits per heavy atom. The topological polar surface area (TPSA) is 86.1 Å². The molecule has 0 radical (unpaired) electrons.